The van der Waals surface area contributed by atoms with Gasteiger partial charge in [-0.2, -0.15) is 4.31 Å². The molecule has 1 fully saturated rings. The highest BCUT2D eigenvalue weighted by atomic mass is 32.2. The van der Waals surface area contributed by atoms with Crippen LogP contribution in [0.1, 0.15) is 64.7 Å². The lowest BCUT2D eigenvalue weighted by molar-refractivity contribution is 0.0152. The van der Waals surface area contributed by atoms with Gasteiger partial charge in [-0.1, -0.05) is 31.9 Å². The largest absolute Gasteiger partial charge is 0.378 e. The van der Waals surface area contributed by atoms with Crippen molar-refractivity contribution in [3.63, 3.8) is 0 Å². The maximum absolute atomic E-state index is 14.0. The molecule has 0 aromatic heterocycles. The fourth-order valence-electron chi connectivity index (χ4n) is 4.06. The molecule has 5 nitrogen and oxygen atoms in total. The number of sulfonamides is 1. The van der Waals surface area contributed by atoms with Gasteiger partial charge in [0, 0.05) is 19.7 Å². The van der Waals surface area contributed by atoms with Crippen molar-refractivity contribution in [3.8, 4) is 0 Å². The van der Waals surface area contributed by atoms with Crippen molar-refractivity contribution in [3.05, 3.63) is 30.1 Å². The summed E-state index contributed by atoms with van der Waals surface area (Å²) in [6.07, 6.45) is 9.41. The molecule has 0 amide bonds. The van der Waals surface area contributed by atoms with Gasteiger partial charge in [-0.25, -0.2) is 12.8 Å². The maximum atomic E-state index is 14.0. The van der Waals surface area contributed by atoms with Gasteiger partial charge in [0.15, 0.2) is 0 Å². The topological polar surface area (TPSA) is 49.9 Å². The van der Waals surface area contributed by atoms with E-state index in [0.717, 1.165) is 51.7 Å². The molecule has 0 radical (unpaired) electrons. The summed E-state index contributed by atoms with van der Waals surface area (Å²) in [7, 11) is -0.0707. The van der Waals surface area contributed by atoms with Gasteiger partial charge in [-0.15, -0.1) is 0 Å². The standard InChI is InChI=1S/C23H39FN2O3S/c1-4-5-8-17-25(2)18-9-10-19-29-21-15-13-20(14-16-21)26(3)30(27,28)23-12-7-6-11-22(23)24/h6-7,11-12,20-21H,4-5,8-10,13-19H2,1-3H3. The molecule has 1 saturated carbocycles. The van der Waals surface area contributed by atoms with Crippen molar-refractivity contribution in [2.75, 3.05) is 33.8 Å². The van der Waals surface area contributed by atoms with Crippen molar-refractivity contribution in [1.82, 2.24) is 9.21 Å². The average Bonchev–Trinajstić information content (AvgIpc) is 2.74. The van der Waals surface area contributed by atoms with Crippen molar-refractivity contribution in [2.24, 2.45) is 0 Å². The van der Waals surface area contributed by atoms with Gasteiger partial charge in [0.2, 0.25) is 10.0 Å². The summed E-state index contributed by atoms with van der Waals surface area (Å²) in [5.74, 6) is -0.697. The van der Waals surface area contributed by atoms with E-state index in [9.17, 15) is 12.8 Å². The number of ether oxygens (including phenoxy) is 1. The molecule has 0 saturated heterocycles. The Morgan fingerprint density at radius 3 is 2.27 bits per heavy atom. The minimum Gasteiger partial charge on any atom is -0.378 e. The Morgan fingerprint density at radius 2 is 1.63 bits per heavy atom. The molecule has 7 heteroatoms. The molecular formula is C23H39FN2O3S. The number of hydrogen-bond acceptors (Lipinski definition) is 4. The van der Waals surface area contributed by atoms with Gasteiger partial charge in [0.25, 0.3) is 0 Å². The monoisotopic (exact) mass is 442 g/mol. The first-order valence-corrected chi connectivity index (χ1v) is 12.8. The molecule has 2 rings (SSSR count). The molecule has 30 heavy (non-hydrogen) atoms. The van der Waals surface area contributed by atoms with Gasteiger partial charge in [-0.05, 0) is 77.2 Å². The normalized spacial score (nSPS) is 20.2. The number of hydrogen-bond donors (Lipinski definition) is 0. The zero-order valence-electron chi connectivity index (χ0n) is 18.9. The third kappa shape index (κ3) is 7.59. The number of halogens is 1. The van der Waals surface area contributed by atoms with E-state index in [1.165, 1.54) is 48.3 Å². The van der Waals surface area contributed by atoms with Crippen LogP contribution in [0.3, 0.4) is 0 Å². The first-order valence-electron chi connectivity index (χ1n) is 11.4. The molecule has 0 N–H and O–H groups in total. The SMILES string of the molecule is CCCCCN(C)CCCCOC1CCC(N(C)S(=O)(=O)c2ccccc2F)CC1. The summed E-state index contributed by atoms with van der Waals surface area (Å²) in [5.41, 5.74) is 0. The van der Waals surface area contributed by atoms with Crippen molar-refractivity contribution in [1.29, 1.82) is 0 Å². The first-order chi connectivity index (χ1) is 14.4. The molecule has 0 spiro atoms. The lowest BCUT2D eigenvalue weighted by atomic mass is 9.93. The van der Waals surface area contributed by atoms with Gasteiger partial charge in [-0.3, -0.25) is 0 Å². The highest BCUT2D eigenvalue weighted by Crippen LogP contribution is 2.29. The van der Waals surface area contributed by atoms with Crippen LogP contribution < -0.4 is 0 Å². The van der Waals surface area contributed by atoms with Crippen LogP contribution in [0.4, 0.5) is 4.39 Å². The Hall–Kier alpha value is -1.02. The highest BCUT2D eigenvalue weighted by molar-refractivity contribution is 7.89. The van der Waals surface area contributed by atoms with Crippen LogP contribution in [0.15, 0.2) is 29.2 Å². The molecular weight excluding hydrogens is 403 g/mol. The van der Waals surface area contributed by atoms with Crippen molar-refractivity contribution in [2.45, 2.75) is 81.8 Å². The summed E-state index contributed by atoms with van der Waals surface area (Å²) in [4.78, 5) is 2.15. The number of rotatable bonds is 13. The predicted octanol–water partition coefficient (Wildman–Crippen LogP) is 4.68. The van der Waals surface area contributed by atoms with E-state index in [-0.39, 0.29) is 17.0 Å². The van der Waals surface area contributed by atoms with Gasteiger partial charge in [0.05, 0.1) is 6.10 Å². The van der Waals surface area contributed by atoms with Crippen LogP contribution in [0.2, 0.25) is 0 Å². The lowest BCUT2D eigenvalue weighted by Gasteiger charge is -2.34. The van der Waals surface area contributed by atoms with E-state index < -0.39 is 15.8 Å². The molecule has 0 aliphatic heterocycles. The molecule has 1 aromatic carbocycles. The molecule has 0 atom stereocenters. The van der Waals surface area contributed by atoms with Gasteiger partial charge in [0.1, 0.15) is 10.7 Å². The molecule has 0 bridgehead atoms. The summed E-state index contributed by atoms with van der Waals surface area (Å²) in [6.45, 7) is 5.27. The Kier molecular flexibility index (Phi) is 10.7. The third-order valence-electron chi connectivity index (χ3n) is 6.08. The van der Waals surface area contributed by atoms with Gasteiger partial charge >= 0.3 is 0 Å². The summed E-state index contributed by atoms with van der Waals surface area (Å²) in [6, 6.07) is 5.47. The fraction of sp³-hybridized carbons (Fsp3) is 0.739. The zero-order chi connectivity index (χ0) is 22.0. The number of nitrogens with zero attached hydrogens (tertiary/aromatic N) is 2. The van der Waals surface area contributed by atoms with Crippen LogP contribution >= 0.6 is 0 Å². The summed E-state index contributed by atoms with van der Waals surface area (Å²) < 4.78 is 46.9. The average molecular weight is 443 g/mol. The number of benzene rings is 1. The van der Waals surface area contributed by atoms with E-state index in [1.807, 2.05) is 0 Å². The molecule has 1 aliphatic carbocycles. The predicted molar refractivity (Wildman–Crippen MR) is 120 cm³/mol. The van der Waals surface area contributed by atoms with Crippen molar-refractivity contribution >= 4 is 10.0 Å². The van der Waals surface area contributed by atoms with Gasteiger partial charge < -0.3 is 9.64 Å². The van der Waals surface area contributed by atoms with Crippen LogP contribution in [-0.2, 0) is 14.8 Å². The minimum absolute atomic E-state index is 0.105. The fourth-order valence-corrected chi connectivity index (χ4v) is 5.54. The van der Waals surface area contributed by atoms with E-state index >= 15 is 0 Å². The first kappa shape index (κ1) is 25.2. The molecule has 0 heterocycles. The second-order valence-corrected chi connectivity index (χ2v) is 10.4. The zero-order valence-corrected chi connectivity index (χ0v) is 19.7. The summed E-state index contributed by atoms with van der Waals surface area (Å²) >= 11 is 0. The lowest BCUT2D eigenvalue weighted by Crippen LogP contribution is -2.41. The second-order valence-electron chi connectivity index (χ2n) is 8.47. The molecule has 172 valence electrons. The van der Waals surface area contributed by atoms with Crippen LogP contribution in [0.5, 0.6) is 0 Å². The summed E-state index contributed by atoms with van der Waals surface area (Å²) in [5, 5.41) is 0. The van der Waals surface area contributed by atoms with Crippen LogP contribution in [0, 0.1) is 5.82 Å². The highest BCUT2D eigenvalue weighted by Gasteiger charge is 2.33. The third-order valence-corrected chi connectivity index (χ3v) is 8.03. The smallest absolute Gasteiger partial charge is 0.245 e. The van der Waals surface area contributed by atoms with Crippen molar-refractivity contribution < 1.29 is 17.5 Å². The Bertz CT molecular complexity index is 721. The maximum Gasteiger partial charge on any atom is 0.245 e. The van der Waals surface area contributed by atoms with E-state index in [1.54, 1.807) is 13.1 Å². The molecule has 1 aliphatic rings. The Balaban J connectivity index is 1.67. The second kappa shape index (κ2) is 12.7. The molecule has 0 unspecified atom stereocenters. The number of unbranched alkanes of at least 4 members (excludes halogenated alkanes) is 3. The Morgan fingerprint density at radius 1 is 1.00 bits per heavy atom. The van der Waals surface area contributed by atoms with Crippen LogP contribution in [0.25, 0.3) is 0 Å². The van der Waals surface area contributed by atoms with Crippen LogP contribution in [-0.4, -0.2) is 63.6 Å². The van der Waals surface area contributed by atoms with E-state index in [4.69, 9.17) is 4.74 Å². The minimum atomic E-state index is -3.81. The van der Waals surface area contributed by atoms with E-state index in [2.05, 4.69) is 18.9 Å². The molecule has 1 aromatic rings. The quantitative estimate of drug-likeness (QED) is 0.416. The Labute approximate surface area is 182 Å². The van der Waals surface area contributed by atoms with E-state index in [0.29, 0.717) is 0 Å².